The van der Waals surface area contributed by atoms with Crippen LogP contribution >= 0.6 is 0 Å². The van der Waals surface area contributed by atoms with E-state index in [-0.39, 0.29) is 0 Å². The average molecular weight is 248 g/mol. The first-order valence-corrected chi connectivity index (χ1v) is 7.63. The summed E-state index contributed by atoms with van der Waals surface area (Å²) in [4.78, 5) is 0. The summed E-state index contributed by atoms with van der Waals surface area (Å²) in [6.45, 7) is 0. The molecule has 0 amide bonds. The second-order valence-corrected chi connectivity index (χ2v) is 6.09. The zero-order valence-corrected chi connectivity index (χ0v) is 11.4. The molecule has 1 fully saturated rings. The normalized spacial score (nSPS) is 18.1. The van der Waals surface area contributed by atoms with Gasteiger partial charge in [-0.05, 0) is 53.0 Å². The Hall–Kier alpha value is -1.56. The van der Waals surface area contributed by atoms with Gasteiger partial charge in [0, 0.05) is 0 Å². The van der Waals surface area contributed by atoms with Gasteiger partial charge in [-0.15, -0.1) is 0 Å². The minimum Gasteiger partial charge on any atom is -0.0619 e. The van der Waals surface area contributed by atoms with Crippen molar-refractivity contribution in [2.24, 2.45) is 0 Å². The summed E-state index contributed by atoms with van der Waals surface area (Å²) in [6.07, 6.45) is 8.19. The molecule has 1 saturated carbocycles. The Morgan fingerprint density at radius 3 is 2.42 bits per heavy atom. The third-order valence-electron chi connectivity index (χ3n) is 4.89. The van der Waals surface area contributed by atoms with Crippen molar-refractivity contribution in [3.63, 3.8) is 0 Å². The van der Waals surface area contributed by atoms with Crippen molar-refractivity contribution in [3.8, 4) is 11.1 Å². The lowest BCUT2D eigenvalue weighted by Gasteiger charge is -2.22. The van der Waals surface area contributed by atoms with Crippen molar-refractivity contribution in [1.29, 1.82) is 0 Å². The van der Waals surface area contributed by atoms with Crippen LogP contribution in [0.5, 0.6) is 0 Å². The van der Waals surface area contributed by atoms with Crippen LogP contribution in [0.25, 0.3) is 11.1 Å². The van der Waals surface area contributed by atoms with E-state index in [2.05, 4.69) is 42.5 Å². The summed E-state index contributed by atoms with van der Waals surface area (Å²) < 4.78 is 0. The van der Waals surface area contributed by atoms with E-state index < -0.39 is 0 Å². The Morgan fingerprint density at radius 2 is 1.53 bits per heavy atom. The molecular formula is C19H20. The van der Waals surface area contributed by atoms with Gasteiger partial charge in [0.1, 0.15) is 0 Å². The minimum absolute atomic E-state index is 0.822. The van der Waals surface area contributed by atoms with E-state index in [4.69, 9.17) is 0 Å². The third-order valence-corrected chi connectivity index (χ3v) is 4.89. The summed E-state index contributed by atoms with van der Waals surface area (Å²) in [5.41, 5.74) is 7.55. The van der Waals surface area contributed by atoms with Crippen LogP contribution in [0.3, 0.4) is 0 Å². The van der Waals surface area contributed by atoms with Gasteiger partial charge in [0.05, 0.1) is 0 Å². The number of fused-ring (bicyclic) bond motifs is 3. The molecule has 0 nitrogen and oxygen atoms in total. The van der Waals surface area contributed by atoms with Gasteiger partial charge < -0.3 is 0 Å². The standard InChI is InChI=1S/C19H20/c1-2-6-14(7-3-1)15-10-11-19-17(12-15)13-16-8-4-5-9-18(16)19/h4-5,8-12,14H,1-3,6-7,13H2. The SMILES string of the molecule is c1ccc2c(c1)Cc1cc(C3CCCCC3)ccc1-2. The maximum atomic E-state index is 2.49. The molecule has 0 atom stereocenters. The number of hydrogen-bond donors (Lipinski definition) is 0. The van der Waals surface area contributed by atoms with Gasteiger partial charge in [-0.25, -0.2) is 0 Å². The van der Waals surface area contributed by atoms with Gasteiger partial charge in [-0.1, -0.05) is 61.7 Å². The van der Waals surface area contributed by atoms with Crippen LogP contribution in [0.1, 0.15) is 54.7 Å². The van der Waals surface area contributed by atoms with Crippen molar-refractivity contribution in [2.75, 3.05) is 0 Å². The first-order chi connectivity index (χ1) is 9.42. The molecule has 19 heavy (non-hydrogen) atoms. The summed E-state index contributed by atoms with van der Waals surface area (Å²) in [5, 5.41) is 0. The molecule has 0 spiro atoms. The highest BCUT2D eigenvalue weighted by Crippen LogP contribution is 2.40. The van der Waals surface area contributed by atoms with Gasteiger partial charge in [0.2, 0.25) is 0 Å². The van der Waals surface area contributed by atoms with E-state index in [1.54, 1.807) is 11.1 Å². The largest absolute Gasteiger partial charge is 0.0619 e. The van der Waals surface area contributed by atoms with Crippen molar-refractivity contribution in [1.82, 2.24) is 0 Å². The fourth-order valence-corrected chi connectivity index (χ4v) is 3.85. The second kappa shape index (κ2) is 4.52. The van der Waals surface area contributed by atoms with E-state index >= 15 is 0 Å². The molecule has 0 aromatic heterocycles. The molecule has 0 heterocycles. The highest BCUT2D eigenvalue weighted by Gasteiger charge is 2.21. The summed E-state index contributed by atoms with van der Waals surface area (Å²) in [6, 6.07) is 16.1. The predicted molar refractivity (Wildman–Crippen MR) is 80.5 cm³/mol. The molecule has 0 heteroatoms. The van der Waals surface area contributed by atoms with Crippen LogP contribution in [0.15, 0.2) is 42.5 Å². The van der Waals surface area contributed by atoms with E-state index in [9.17, 15) is 0 Å². The van der Waals surface area contributed by atoms with Gasteiger partial charge >= 0.3 is 0 Å². The van der Waals surface area contributed by atoms with Crippen LogP contribution in [-0.4, -0.2) is 0 Å². The molecule has 2 aromatic carbocycles. The Morgan fingerprint density at radius 1 is 0.737 bits per heavy atom. The number of hydrogen-bond acceptors (Lipinski definition) is 0. The molecule has 4 rings (SSSR count). The Kier molecular flexibility index (Phi) is 2.69. The zero-order valence-electron chi connectivity index (χ0n) is 11.4. The van der Waals surface area contributed by atoms with Crippen molar-refractivity contribution >= 4 is 0 Å². The lowest BCUT2D eigenvalue weighted by atomic mass is 9.83. The molecule has 2 aromatic rings. The summed E-state index contributed by atoms with van der Waals surface area (Å²) in [7, 11) is 0. The Bertz CT molecular complexity index is 603. The zero-order chi connectivity index (χ0) is 12.7. The Labute approximate surface area is 115 Å². The van der Waals surface area contributed by atoms with Crippen molar-refractivity contribution in [3.05, 3.63) is 59.2 Å². The molecule has 2 aliphatic carbocycles. The molecule has 96 valence electrons. The van der Waals surface area contributed by atoms with Crippen LogP contribution in [-0.2, 0) is 6.42 Å². The van der Waals surface area contributed by atoms with Gasteiger partial charge in [0.25, 0.3) is 0 Å². The molecule has 0 radical (unpaired) electrons. The molecule has 0 unspecified atom stereocenters. The first-order valence-electron chi connectivity index (χ1n) is 7.63. The van der Waals surface area contributed by atoms with Gasteiger partial charge in [-0.2, -0.15) is 0 Å². The van der Waals surface area contributed by atoms with Crippen LogP contribution in [0.2, 0.25) is 0 Å². The molecule has 0 bridgehead atoms. The average Bonchev–Trinajstić information content (AvgIpc) is 2.86. The summed E-state index contributed by atoms with van der Waals surface area (Å²) in [5.74, 6) is 0.822. The van der Waals surface area contributed by atoms with E-state index in [0.29, 0.717) is 0 Å². The van der Waals surface area contributed by atoms with Gasteiger partial charge in [-0.3, -0.25) is 0 Å². The maximum absolute atomic E-state index is 2.49. The minimum atomic E-state index is 0.822. The lowest BCUT2D eigenvalue weighted by molar-refractivity contribution is 0.443. The molecule has 2 aliphatic rings. The highest BCUT2D eigenvalue weighted by atomic mass is 14.3. The molecule has 0 aliphatic heterocycles. The van der Waals surface area contributed by atoms with Crippen molar-refractivity contribution in [2.45, 2.75) is 44.4 Å². The Balaban J connectivity index is 1.71. The highest BCUT2D eigenvalue weighted by molar-refractivity contribution is 5.77. The third kappa shape index (κ3) is 1.90. The van der Waals surface area contributed by atoms with E-state index in [1.807, 2.05) is 0 Å². The van der Waals surface area contributed by atoms with E-state index in [0.717, 1.165) is 12.3 Å². The van der Waals surface area contributed by atoms with E-state index in [1.165, 1.54) is 48.8 Å². The van der Waals surface area contributed by atoms with Gasteiger partial charge in [0.15, 0.2) is 0 Å². The lowest BCUT2D eigenvalue weighted by Crippen LogP contribution is -2.04. The molecule has 0 saturated heterocycles. The molecular weight excluding hydrogens is 228 g/mol. The number of benzene rings is 2. The van der Waals surface area contributed by atoms with Crippen LogP contribution in [0.4, 0.5) is 0 Å². The smallest absolute Gasteiger partial charge is 0.00134 e. The monoisotopic (exact) mass is 248 g/mol. The van der Waals surface area contributed by atoms with Crippen LogP contribution < -0.4 is 0 Å². The number of rotatable bonds is 1. The predicted octanol–water partition coefficient (Wildman–Crippen LogP) is 5.31. The fraction of sp³-hybridized carbons (Fsp3) is 0.368. The fourth-order valence-electron chi connectivity index (χ4n) is 3.85. The second-order valence-electron chi connectivity index (χ2n) is 6.09. The summed E-state index contributed by atoms with van der Waals surface area (Å²) >= 11 is 0. The quantitative estimate of drug-likeness (QED) is 0.548. The molecule has 0 N–H and O–H groups in total. The topological polar surface area (TPSA) is 0 Å². The maximum Gasteiger partial charge on any atom is -0.00134 e. The first kappa shape index (κ1) is 11.3. The van der Waals surface area contributed by atoms with Crippen molar-refractivity contribution < 1.29 is 0 Å². The van der Waals surface area contributed by atoms with Crippen LogP contribution in [0, 0.1) is 0 Å².